The average Bonchev–Trinajstić information content (AvgIpc) is 2.36. The van der Waals surface area contributed by atoms with Crippen molar-refractivity contribution in [2.75, 3.05) is 6.61 Å². The van der Waals surface area contributed by atoms with Gasteiger partial charge >= 0.3 is 11.9 Å². The van der Waals surface area contributed by atoms with Gasteiger partial charge in [-0.05, 0) is 19.8 Å². The molecule has 0 unspecified atom stereocenters. The van der Waals surface area contributed by atoms with Crippen LogP contribution in [0.4, 0.5) is 0 Å². The molecule has 0 aliphatic carbocycles. The van der Waals surface area contributed by atoms with Crippen molar-refractivity contribution in [1.29, 1.82) is 0 Å². The van der Waals surface area contributed by atoms with Crippen molar-refractivity contribution in [3.63, 3.8) is 0 Å². The minimum atomic E-state index is -0.705. The van der Waals surface area contributed by atoms with Crippen molar-refractivity contribution >= 4 is 11.9 Å². The first kappa shape index (κ1) is 21.2. The van der Waals surface area contributed by atoms with Crippen LogP contribution in [0.2, 0.25) is 0 Å². The van der Waals surface area contributed by atoms with Crippen LogP contribution in [-0.4, -0.2) is 33.9 Å². The van der Waals surface area contributed by atoms with Crippen molar-refractivity contribution in [3.8, 4) is 0 Å². The maximum Gasteiger partial charge on any atom is 0.303 e. The van der Waals surface area contributed by atoms with E-state index in [1.165, 1.54) is 19.3 Å². The number of hydrogen-bond donors (Lipinski definition) is 3. The van der Waals surface area contributed by atoms with Crippen molar-refractivity contribution in [2.24, 2.45) is 0 Å². The molecule has 0 aliphatic heterocycles. The van der Waals surface area contributed by atoms with E-state index >= 15 is 0 Å². The predicted molar refractivity (Wildman–Crippen MR) is 78.8 cm³/mol. The van der Waals surface area contributed by atoms with Crippen LogP contribution < -0.4 is 0 Å². The SMILES string of the molecule is CCO.O=C(O)CCCCCCCCCCCC(=O)O. The van der Waals surface area contributed by atoms with E-state index in [-0.39, 0.29) is 19.4 Å². The van der Waals surface area contributed by atoms with Gasteiger partial charge < -0.3 is 15.3 Å². The fraction of sp³-hybridized carbons (Fsp3) is 0.867. The van der Waals surface area contributed by atoms with Gasteiger partial charge in [-0.25, -0.2) is 0 Å². The van der Waals surface area contributed by atoms with Crippen LogP contribution in [0.5, 0.6) is 0 Å². The highest BCUT2D eigenvalue weighted by Crippen LogP contribution is 2.11. The molecule has 0 saturated carbocycles. The van der Waals surface area contributed by atoms with Gasteiger partial charge in [0, 0.05) is 19.4 Å². The molecule has 0 bridgehead atoms. The molecular formula is C15H30O5. The maximum atomic E-state index is 10.2. The van der Waals surface area contributed by atoms with Crippen molar-refractivity contribution in [3.05, 3.63) is 0 Å². The second kappa shape index (κ2) is 17.9. The Bertz CT molecular complexity index is 206. The van der Waals surface area contributed by atoms with Crippen LogP contribution in [0.1, 0.15) is 77.6 Å². The Hall–Kier alpha value is -1.10. The van der Waals surface area contributed by atoms with Crippen molar-refractivity contribution in [2.45, 2.75) is 77.6 Å². The first-order valence-corrected chi connectivity index (χ1v) is 7.59. The van der Waals surface area contributed by atoms with Gasteiger partial charge in [-0.15, -0.1) is 0 Å². The highest BCUT2D eigenvalue weighted by molar-refractivity contribution is 5.66. The molecular weight excluding hydrogens is 260 g/mol. The van der Waals surface area contributed by atoms with Gasteiger partial charge in [0.15, 0.2) is 0 Å². The summed E-state index contributed by atoms with van der Waals surface area (Å²) in [5.74, 6) is -1.41. The van der Waals surface area contributed by atoms with Crippen molar-refractivity contribution in [1.82, 2.24) is 0 Å². The zero-order valence-corrected chi connectivity index (χ0v) is 12.6. The Morgan fingerprint density at radius 1 is 0.650 bits per heavy atom. The first-order valence-electron chi connectivity index (χ1n) is 7.59. The van der Waals surface area contributed by atoms with E-state index in [1.807, 2.05) is 0 Å². The van der Waals surface area contributed by atoms with Gasteiger partial charge in [0.25, 0.3) is 0 Å². The van der Waals surface area contributed by atoms with Gasteiger partial charge in [0.1, 0.15) is 0 Å². The van der Waals surface area contributed by atoms with Gasteiger partial charge in [0.2, 0.25) is 0 Å². The lowest BCUT2D eigenvalue weighted by atomic mass is 10.1. The molecule has 0 fully saturated rings. The van der Waals surface area contributed by atoms with E-state index in [0.717, 1.165) is 38.5 Å². The highest BCUT2D eigenvalue weighted by Gasteiger charge is 1.98. The van der Waals surface area contributed by atoms with Gasteiger partial charge in [-0.1, -0.05) is 44.9 Å². The summed E-state index contributed by atoms with van der Waals surface area (Å²) < 4.78 is 0. The highest BCUT2D eigenvalue weighted by atomic mass is 16.4. The molecule has 0 rings (SSSR count). The van der Waals surface area contributed by atoms with Crippen molar-refractivity contribution < 1.29 is 24.9 Å². The van der Waals surface area contributed by atoms with Gasteiger partial charge in [-0.2, -0.15) is 0 Å². The van der Waals surface area contributed by atoms with Crippen LogP contribution in [0, 0.1) is 0 Å². The van der Waals surface area contributed by atoms with E-state index in [2.05, 4.69) is 0 Å². The Labute approximate surface area is 122 Å². The smallest absolute Gasteiger partial charge is 0.303 e. The Balaban J connectivity index is 0. The molecule has 5 nitrogen and oxygen atoms in total. The molecule has 0 spiro atoms. The van der Waals surface area contributed by atoms with Crippen LogP contribution in [0.15, 0.2) is 0 Å². The number of rotatable bonds is 12. The number of carboxylic acids is 2. The molecule has 3 N–H and O–H groups in total. The summed E-state index contributed by atoms with van der Waals surface area (Å²) in [4.78, 5) is 20.5. The Morgan fingerprint density at radius 3 is 1.05 bits per heavy atom. The molecule has 0 saturated heterocycles. The zero-order valence-electron chi connectivity index (χ0n) is 12.6. The summed E-state index contributed by atoms with van der Waals surface area (Å²) in [5, 5.41) is 24.4. The summed E-state index contributed by atoms with van der Waals surface area (Å²) in [7, 11) is 0. The molecule has 0 aromatic carbocycles. The monoisotopic (exact) mass is 290 g/mol. The van der Waals surface area contributed by atoms with E-state index in [0.29, 0.717) is 0 Å². The molecule has 20 heavy (non-hydrogen) atoms. The lowest BCUT2D eigenvalue weighted by Gasteiger charge is -2.01. The number of aliphatic carboxylic acids is 2. The average molecular weight is 290 g/mol. The van der Waals surface area contributed by atoms with E-state index in [9.17, 15) is 9.59 Å². The predicted octanol–water partition coefficient (Wildman–Crippen LogP) is 3.45. The second-order valence-corrected chi connectivity index (χ2v) is 4.79. The van der Waals surface area contributed by atoms with Crippen LogP contribution in [0.3, 0.4) is 0 Å². The summed E-state index contributed by atoms with van der Waals surface area (Å²) in [5.41, 5.74) is 0. The third-order valence-electron chi connectivity index (χ3n) is 2.78. The molecule has 0 atom stereocenters. The van der Waals surface area contributed by atoms with Crippen LogP contribution in [-0.2, 0) is 9.59 Å². The molecule has 0 aliphatic rings. The topological polar surface area (TPSA) is 94.8 Å². The number of hydrogen-bond acceptors (Lipinski definition) is 3. The number of aliphatic hydroxyl groups excluding tert-OH is 1. The first-order chi connectivity index (χ1) is 9.54. The summed E-state index contributed by atoms with van der Waals surface area (Å²) >= 11 is 0. The van der Waals surface area contributed by atoms with E-state index in [4.69, 9.17) is 15.3 Å². The fourth-order valence-corrected chi connectivity index (χ4v) is 1.79. The Morgan fingerprint density at radius 2 is 0.850 bits per heavy atom. The molecule has 0 aromatic heterocycles. The lowest BCUT2D eigenvalue weighted by molar-refractivity contribution is -0.138. The number of aliphatic hydroxyl groups is 1. The minimum Gasteiger partial charge on any atom is -0.481 e. The standard InChI is InChI=1S/C13H24O4.C2H6O/c14-12(15)10-8-6-4-2-1-3-5-7-9-11-13(16)17;1-2-3/h1-11H2,(H,14,15)(H,16,17);3H,2H2,1H3. The summed E-state index contributed by atoms with van der Waals surface area (Å²) in [6.07, 6.45) is 9.89. The number of unbranched alkanes of at least 4 members (excludes halogenated alkanes) is 8. The number of carboxylic acid groups (broad SMARTS) is 2. The zero-order chi connectivity index (χ0) is 15.6. The minimum absolute atomic E-state index is 0.250. The summed E-state index contributed by atoms with van der Waals surface area (Å²) in [6.45, 7) is 1.93. The molecule has 0 heterocycles. The summed E-state index contributed by atoms with van der Waals surface area (Å²) in [6, 6.07) is 0. The van der Waals surface area contributed by atoms with E-state index in [1.54, 1.807) is 6.92 Å². The van der Waals surface area contributed by atoms with E-state index < -0.39 is 11.9 Å². The van der Waals surface area contributed by atoms with Crippen LogP contribution in [0.25, 0.3) is 0 Å². The third kappa shape index (κ3) is 25.7. The van der Waals surface area contributed by atoms with Gasteiger partial charge in [0.05, 0.1) is 0 Å². The van der Waals surface area contributed by atoms with Crippen LogP contribution >= 0.6 is 0 Å². The molecule has 0 aromatic rings. The normalized spacial score (nSPS) is 9.70. The number of carbonyl (C=O) groups is 2. The maximum absolute atomic E-state index is 10.2. The Kier molecular flexibility index (Phi) is 19.0. The molecule has 0 radical (unpaired) electrons. The third-order valence-corrected chi connectivity index (χ3v) is 2.78. The van der Waals surface area contributed by atoms with Gasteiger partial charge in [-0.3, -0.25) is 9.59 Å². The lowest BCUT2D eigenvalue weighted by Crippen LogP contribution is -1.94. The molecule has 5 heteroatoms. The molecule has 120 valence electrons. The second-order valence-electron chi connectivity index (χ2n) is 4.79. The quantitative estimate of drug-likeness (QED) is 0.478. The molecule has 0 amide bonds. The largest absolute Gasteiger partial charge is 0.481 e. The fourth-order valence-electron chi connectivity index (χ4n) is 1.79.